The van der Waals surface area contributed by atoms with Gasteiger partial charge in [-0.2, -0.15) is 4.68 Å². The first kappa shape index (κ1) is 14.3. The normalized spacial score (nSPS) is 12.4. The first-order valence-electron chi connectivity index (χ1n) is 7.06. The van der Waals surface area contributed by atoms with Crippen LogP contribution in [-0.4, -0.2) is 29.8 Å². The van der Waals surface area contributed by atoms with Gasteiger partial charge in [-0.15, -0.1) is 5.10 Å². The van der Waals surface area contributed by atoms with Gasteiger partial charge >= 0.3 is 0 Å². The summed E-state index contributed by atoms with van der Waals surface area (Å²) >= 11 is 0. The summed E-state index contributed by atoms with van der Waals surface area (Å²) in [6, 6.07) is 7.57. The van der Waals surface area contributed by atoms with Gasteiger partial charge in [-0.3, -0.25) is 4.98 Å². The van der Waals surface area contributed by atoms with Crippen LogP contribution in [0.5, 0.6) is 0 Å². The third-order valence-corrected chi connectivity index (χ3v) is 3.35. The Kier molecular flexibility index (Phi) is 3.68. The number of aliphatic hydroxyl groups excluding tert-OH is 1. The summed E-state index contributed by atoms with van der Waals surface area (Å²) in [7, 11) is 0. The van der Waals surface area contributed by atoms with Crippen LogP contribution in [0.2, 0.25) is 0 Å². The highest BCUT2D eigenvalue weighted by Crippen LogP contribution is 2.25. The third-order valence-electron chi connectivity index (χ3n) is 3.35. The maximum absolute atomic E-state index is 9.79. The van der Waals surface area contributed by atoms with E-state index in [0.29, 0.717) is 17.5 Å². The molecule has 3 aromatic heterocycles. The molecule has 0 spiro atoms. The van der Waals surface area contributed by atoms with Gasteiger partial charge in [0.1, 0.15) is 6.10 Å². The van der Waals surface area contributed by atoms with E-state index in [4.69, 9.17) is 0 Å². The van der Waals surface area contributed by atoms with E-state index < -0.39 is 6.10 Å². The van der Waals surface area contributed by atoms with Gasteiger partial charge in [0.15, 0.2) is 17.5 Å². The number of aliphatic hydroxyl groups is 1. The Bertz CT molecular complexity index is 796. The Hall–Kier alpha value is -2.60. The zero-order valence-electron chi connectivity index (χ0n) is 12.7. The number of aryl methyl sites for hydroxylation is 2. The van der Waals surface area contributed by atoms with Gasteiger partial charge in [-0.25, -0.2) is 9.97 Å². The van der Waals surface area contributed by atoms with Crippen molar-refractivity contribution in [3.05, 3.63) is 53.7 Å². The standard InChI is InChI=1S/C16H17N5O/c1-10-8-11(2)18-9-13(10)16-19-15(12(3)22)20-21(16)14-6-4-5-7-17-14/h4-9,12,22H,1-3H3. The van der Waals surface area contributed by atoms with Crippen molar-refractivity contribution in [1.29, 1.82) is 0 Å². The van der Waals surface area contributed by atoms with E-state index in [9.17, 15) is 5.11 Å². The molecule has 1 atom stereocenters. The van der Waals surface area contributed by atoms with Crippen LogP contribution >= 0.6 is 0 Å². The first-order chi connectivity index (χ1) is 10.6. The van der Waals surface area contributed by atoms with Gasteiger partial charge in [0.05, 0.1) is 0 Å². The van der Waals surface area contributed by atoms with E-state index in [1.165, 1.54) is 0 Å². The number of rotatable bonds is 3. The van der Waals surface area contributed by atoms with Crippen molar-refractivity contribution >= 4 is 0 Å². The van der Waals surface area contributed by atoms with Crippen LogP contribution in [0.15, 0.2) is 36.7 Å². The average Bonchev–Trinajstić information content (AvgIpc) is 2.93. The summed E-state index contributed by atoms with van der Waals surface area (Å²) in [5.74, 6) is 1.64. The quantitative estimate of drug-likeness (QED) is 0.803. The Balaban J connectivity index is 2.22. The van der Waals surface area contributed by atoms with Gasteiger partial charge in [-0.1, -0.05) is 6.07 Å². The molecule has 0 aliphatic carbocycles. The van der Waals surface area contributed by atoms with Gasteiger partial charge < -0.3 is 5.11 Å². The van der Waals surface area contributed by atoms with E-state index in [2.05, 4.69) is 20.1 Å². The minimum Gasteiger partial charge on any atom is -0.385 e. The zero-order chi connectivity index (χ0) is 15.7. The summed E-state index contributed by atoms with van der Waals surface area (Å²) in [4.78, 5) is 13.1. The molecule has 6 heteroatoms. The Morgan fingerprint density at radius 1 is 1.18 bits per heavy atom. The molecule has 1 unspecified atom stereocenters. The van der Waals surface area contributed by atoms with Gasteiger partial charge in [-0.05, 0) is 44.5 Å². The molecule has 1 N–H and O–H groups in total. The molecule has 3 aromatic rings. The molecule has 0 aliphatic rings. The lowest BCUT2D eigenvalue weighted by Crippen LogP contribution is -2.03. The predicted octanol–water partition coefficient (Wildman–Crippen LogP) is 2.39. The maximum atomic E-state index is 9.79. The smallest absolute Gasteiger partial charge is 0.179 e. The van der Waals surface area contributed by atoms with Crippen LogP contribution in [0.1, 0.15) is 30.1 Å². The molecular formula is C16H17N5O. The fourth-order valence-corrected chi connectivity index (χ4v) is 2.25. The molecule has 0 saturated carbocycles. The molecule has 0 aliphatic heterocycles. The largest absolute Gasteiger partial charge is 0.385 e. The van der Waals surface area contributed by atoms with Crippen molar-refractivity contribution in [2.75, 3.05) is 0 Å². The van der Waals surface area contributed by atoms with Crippen molar-refractivity contribution in [1.82, 2.24) is 24.7 Å². The van der Waals surface area contributed by atoms with Crippen molar-refractivity contribution in [2.45, 2.75) is 26.9 Å². The van der Waals surface area contributed by atoms with Crippen molar-refractivity contribution in [2.24, 2.45) is 0 Å². The zero-order valence-corrected chi connectivity index (χ0v) is 12.7. The van der Waals surface area contributed by atoms with E-state index in [1.807, 2.05) is 38.1 Å². The predicted molar refractivity (Wildman–Crippen MR) is 82.5 cm³/mol. The number of hydrogen-bond donors (Lipinski definition) is 1. The summed E-state index contributed by atoms with van der Waals surface area (Å²) in [5.41, 5.74) is 2.87. The highest BCUT2D eigenvalue weighted by atomic mass is 16.3. The highest BCUT2D eigenvalue weighted by Gasteiger charge is 2.18. The Labute approximate surface area is 128 Å². The van der Waals surface area contributed by atoms with E-state index in [0.717, 1.165) is 16.8 Å². The topological polar surface area (TPSA) is 76.7 Å². The minimum atomic E-state index is -0.748. The molecule has 112 valence electrons. The molecule has 3 rings (SSSR count). The van der Waals surface area contributed by atoms with E-state index >= 15 is 0 Å². The minimum absolute atomic E-state index is 0.362. The monoisotopic (exact) mass is 295 g/mol. The maximum Gasteiger partial charge on any atom is 0.179 e. The molecule has 0 saturated heterocycles. The van der Waals surface area contributed by atoms with Crippen LogP contribution in [0.25, 0.3) is 17.2 Å². The van der Waals surface area contributed by atoms with Crippen LogP contribution < -0.4 is 0 Å². The Morgan fingerprint density at radius 3 is 2.64 bits per heavy atom. The third kappa shape index (κ3) is 2.60. The summed E-state index contributed by atoms with van der Waals surface area (Å²) in [6.07, 6.45) is 2.73. The fourth-order valence-electron chi connectivity index (χ4n) is 2.25. The fraction of sp³-hybridized carbons (Fsp3) is 0.250. The van der Waals surface area contributed by atoms with Crippen LogP contribution in [0.3, 0.4) is 0 Å². The number of pyridine rings is 2. The van der Waals surface area contributed by atoms with Gasteiger partial charge in [0, 0.05) is 23.7 Å². The molecule has 22 heavy (non-hydrogen) atoms. The number of nitrogens with zero attached hydrogens (tertiary/aromatic N) is 5. The molecule has 0 radical (unpaired) electrons. The lowest BCUT2D eigenvalue weighted by Gasteiger charge is -2.07. The molecule has 3 heterocycles. The lowest BCUT2D eigenvalue weighted by atomic mass is 10.1. The van der Waals surface area contributed by atoms with Crippen LogP contribution in [0, 0.1) is 13.8 Å². The van der Waals surface area contributed by atoms with Crippen molar-refractivity contribution in [3.63, 3.8) is 0 Å². The molecular weight excluding hydrogens is 278 g/mol. The van der Waals surface area contributed by atoms with Gasteiger partial charge in [0.2, 0.25) is 0 Å². The molecule has 0 aromatic carbocycles. The average molecular weight is 295 g/mol. The second-order valence-electron chi connectivity index (χ2n) is 5.21. The van der Waals surface area contributed by atoms with Crippen LogP contribution in [-0.2, 0) is 0 Å². The van der Waals surface area contributed by atoms with Crippen LogP contribution in [0.4, 0.5) is 0 Å². The van der Waals surface area contributed by atoms with Crippen molar-refractivity contribution < 1.29 is 5.11 Å². The second-order valence-corrected chi connectivity index (χ2v) is 5.21. The highest BCUT2D eigenvalue weighted by molar-refractivity contribution is 5.61. The van der Waals surface area contributed by atoms with E-state index in [1.54, 1.807) is 24.0 Å². The first-order valence-corrected chi connectivity index (χ1v) is 7.06. The van der Waals surface area contributed by atoms with E-state index in [-0.39, 0.29) is 0 Å². The summed E-state index contributed by atoms with van der Waals surface area (Å²) < 4.78 is 1.64. The molecule has 6 nitrogen and oxygen atoms in total. The molecule has 0 fully saturated rings. The molecule has 0 bridgehead atoms. The molecule has 0 amide bonds. The van der Waals surface area contributed by atoms with Gasteiger partial charge in [0.25, 0.3) is 0 Å². The summed E-state index contributed by atoms with van der Waals surface area (Å²) in [5, 5.41) is 14.2. The lowest BCUT2D eigenvalue weighted by molar-refractivity contribution is 0.189. The Morgan fingerprint density at radius 2 is 2.00 bits per heavy atom. The number of hydrogen-bond acceptors (Lipinski definition) is 5. The number of aromatic nitrogens is 5. The summed E-state index contributed by atoms with van der Waals surface area (Å²) in [6.45, 7) is 5.59. The van der Waals surface area contributed by atoms with Crippen molar-refractivity contribution in [3.8, 4) is 17.2 Å². The second kappa shape index (κ2) is 5.65. The SMILES string of the molecule is Cc1cc(C)c(-c2nc(C(C)O)nn2-c2ccccn2)cn1.